The van der Waals surface area contributed by atoms with E-state index < -0.39 is 0 Å². The number of ether oxygens (including phenoxy) is 1. The number of rotatable bonds is 8. The molecule has 0 spiro atoms. The number of aromatic nitrogens is 1. The first-order chi connectivity index (χ1) is 10.6. The fourth-order valence-electron chi connectivity index (χ4n) is 3.44. The summed E-state index contributed by atoms with van der Waals surface area (Å²) in [5, 5.41) is 0. The molecule has 0 amide bonds. The fraction of sp³-hybridized carbons (Fsp3) is 0.722. The second-order valence-electron chi connectivity index (χ2n) is 6.80. The molecule has 0 unspecified atom stereocenters. The van der Waals surface area contributed by atoms with Crippen LogP contribution in [0.25, 0.3) is 0 Å². The van der Waals surface area contributed by atoms with Gasteiger partial charge in [-0.15, -0.1) is 0 Å². The highest BCUT2D eigenvalue weighted by Gasteiger charge is 2.33. The molecule has 22 heavy (non-hydrogen) atoms. The first-order valence-electron chi connectivity index (χ1n) is 8.48. The molecule has 2 atom stereocenters. The van der Waals surface area contributed by atoms with Crippen molar-refractivity contribution in [3.05, 3.63) is 30.1 Å². The van der Waals surface area contributed by atoms with Gasteiger partial charge in [0.1, 0.15) is 0 Å². The van der Waals surface area contributed by atoms with Crippen LogP contribution >= 0.6 is 0 Å². The second kappa shape index (κ2) is 8.61. The van der Waals surface area contributed by atoms with Gasteiger partial charge in [-0.1, -0.05) is 6.07 Å². The molecule has 2 rings (SSSR count). The van der Waals surface area contributed by atoms with Gasteiger partial charge in [0, 0.05) is 38.1 Å². The highest BCUT2D eigenvalue weighted by atomic mass is 16.5. The molecule has 4 heteroatoms. The third-order valence-corrected chi connectivity index (χ3v) is 4.48. The van der Waals surface area contributed by atoms with E-state index in [1.807, 2.05) is 18.5 Å². The summed E-state index contributed by atoms with van der Waals surface area (Å²) in [6.45, 7) is 8.47. The lowest BCUT2D eigenvalue weighted by Crippen LogP contribution is -2.31. The van der Waals surface area contributed by atoms with Crippen LogP contribution in [0.5, 0.6) is 0 Å². The summed E-state index contributed by atoms with van der Waals surface area (Å²) in [5.41, 5.74) is 1.35. The Morgan fingerprint density at radius 3 is 2.95 bits per heavy atom. The number of likely N-dealkylation sites (tertiary alicyclic amines) is 1. The molecule has 1 aliphatic rings. The van der Waals surface area contributed by atoms with Crippen LogP contribution in [0, 0.1) is 5.92 Å². The smallest absolute Gasteiger partial charge is 0.0518 e. The summed E-state index contributed by atoms with van der Waals surface area (Å²) in [6, 6.07) is 4.76. The molecule has 2 heterocycles. The summed E-state index contributed by atoms with van der Waals surface area (Å²) in [5.74, 6) is 0.685. The Morgan fingerprint density at radius 1 is 1.45 bits per heavy atom. The van der Waals surface area contributed by atoms with Crippen LogP contribution in [0.2, 0.25) is 0 Å². The van der Waals surface area contributed by atoms with Gasteiger partial charge < -0.3 is 9.64 Å². The largest absolute Gasteiger partial charge is 0.379 e. The lowest BCUT2D eigenvalue weighted by atomic mass is 9.94. The van der Waals surface area contributed by atoms with Gasteiger partial charge in [-0.3, -0.25) is 9.88 Å². The quantitative estimate of drug-likeness (QED) is 0.691. The van der Waals surface area contributed by atoms with Gasteiger partial charge in [0.2, 0.25) is 0 Å². The average Bonchev–Trinajstić information content (AvgIpc) is 2.85. The average molecular weight is 305 g/mol. The molecular formula is C18H31N3O. The zero-order valence-corrected chi connectivity index (χ0v) is 14.5. The van der Waals surface area contributed by atoms with Crippen LogP contribution in [0.4, 0.5) is 0 Å². The molecule has 0 N–H and O–H groups in total. The van der Waals surface area contributed by atoms with Gasteiger partial charge in [0.25, 0.3) is 0 Å². The third kappa shape index (κ3) is 5.04. The van der Waals surface area contributed by atoms with Crippen molar-refractivity contribution in [3.8, 4) is 0 Å². The summed E-state index contributed by atoms with van der Waals surface area (Å²) >= 11 is 0. The molecule has 1 aromatic rings. The standard InChI is InChI=1S/C18H31N3O/c1-15(2)22-12-6-10-20(3)14-17-8-11-21(4)18(17)16-7-5-9-19-13-16/h5,7,9,13,15,17-18H,6,8,10-12,14H2,1-4H3/t17-,18-/m0/s1. The lowest BCUT2D eigenvalue weighted by Gasteiger charge is -2.28. The maximum absolute atomic E-state index is 5.63. The van der Waals surface area contributed by atoms with Crippen molar-refractivity contribution < 1.29 is 4.74 Å². The summed E-state index contributed by atoms with van der Waals surface area (Å²) in [7, 11) is 4.46. The van der Waals surface area contributed by atoms with Crippen LogP contribution in [0.3, 0.4) is 0 Å². The molecule has 0 saturated carbocycles. The molecule has 1 saturated heterocycles. The van der Waals surface area contributed by atoms with E-state index in [2.05, 4.69) is 48.8 Å². The summed E-state index contributed by atoms with van der Waals surface area (Å²) in [6.07, 6.45) is 6.59. The van der Waals surface area contributed by atoms with E-state index in [1.165, 1.54) is 18.5 Å². The molecule has 0 aliphatic carbocycles. The third-order valence-electron chi connectivity index (χ3n) is 4.48. The molecule has 124 valence electrons. The highest BCUT2D eigenvalue weighted by molar-refractivity contribution is 5.16. The Morgan fingerprint density at radius 2 is 2.27 bits per heavy atom. The molecule has 0 aromatic carbocycles. The maximum atomic E-state index is 5.63. The Hall–Kier alpha value is -0.970. The van der Waals surface area contributed by atoms with Crippen LogP contribution < -0.4 is 0 Å². The van der Waals surface area contributed by atoms with Crippen LogP contribution in [-0.4, -0.2) is 61.2 Å². The molecule has 0 bridgehead atoms. The Kier molecular flexibility index (Phi) is 6.80. The van der Waals surface area contributed by atoms with Crippen molar-refractivity contribution in [1.82, 2.24) is 14.8 Å². The van der Waals surface area contributed by atoms with Crippen LogP contribution in [-0.2, 0) is 4.74 Å². The molecule has 0 radical (unpaired) electrons. The van der Waals surface area contributed by atoms with Crippen molar-refractivity contribution >= 4 is 0 Å². The first-order valence-corrected chi connectivity index (χ1v) is 8.48. The zero-order valence-electron chi connectivity index (χ0n) is 14.5. The highest BCUT2D eigenvalue weighted by Crippen LogP contribution is 2.35. The number of nitrogens with zero attached hydrogens (tertiary/aromatic N) is 3. The first kappa shape index (κ1) is 17.4. The minimum atomic E-state index is 0.337. The topological polar surface area (TPSA) is 28.6 Å². The predicted molar refractivity (Wildman–Crippen MR) is 90.9 cm³/mol. The van der Waals surface area contributed by atoms with Gasteiger partial charge in [0.05, 0.1) is 6.10 Å². The lowest BCUT2D eigenvalue weighted by molar-refractivity contribution is 0.0707. The summed E-state index contributed by atoms with van der Waals surface area (Å²) in [4.78, 5) is 9.22. The van der Waals surface area contributed by atoms with E-state index in [0.29, 0.717) is 18.1 Å². The van der Waals surface area contributed by atoms with Gasteiger partial charge in [-0.25, -0.2) is 0 Å². The van der Waals surface area contributed by atoms with Crippen molar-refractivity contribution in [3.63, 3.8) is 0 Å². The SMILES string of the molecule is CC(C)OCCCN(C)C[C@@H]1CCN(C)[C@H]1c1cccnc1. The van der Waals surface area contributed by atoms with Crippen molar-refractivity contribution in [2.75, 3.05) is 40.3 Å². The van der Waals surface area contributed by atoms with Gasteiger partial charge >= 0.3 is 0 Å². The Labute approximate surface area is 135 Å². The summed E-state index contributed by atoms with van der Waals surface area (Å²) < 4.78 is 5.63. The van der Waals surface area contributed by atoms with E-state index in [0.717, 1.165) is 26.1 Å². The molecule has 4 nitrogen and oxygen atoms in total. The monoisotopic (exact) mass is 305 g/mol. The molecule has 1 aromatic heterocycles. The number of hydrogen-bond acceptors (Lipinski definition) is 4. The fourth-order valence-corrected chi connectivity index (χ4v) is 3.44. The second-order valence-corrected chi connectivity index (χ2v) is 6.80. The predicted octanol–water partition coefficient (Wildman–Crippen LogP) is 2.82. The van der Waals surface area contributed by atoms with Crippen LogP contribution in [0.1, 0.15) is 38.3 Å². The van der Waals surface area contributed by atoms with Gasteiger partial charge in [0.15, 0.2) is 0 Å². The minimum absolute atomic E-state index is 0.337. The van der Waals surface area contributed by atoms with Crippen molar-refractivity contribution in [1.29, 1.82) is 0 Å². The molecule has 1 fully saturated rings. The maximum Gasteiger partial charge on any atom is 0.0518 e. The Bertz CT molecular complexity index is 424. The van der Waals surface area contributed by atoms with E-state index in [9.17, 15) is 0 Å². The molecule has 1 aliphatic heterocycles. The van der Waals surface area contributed by atoms with E-state index in [-0.39, 0.29) is 0 Å². The number of pyridine rings is 1. The van der Waals surface area contributed by atoms with Gasteiger partial charge in [-0.05, 0) is 64.9 Å². The van der Waals surface area contributed by atoms with E-state index >= 15 is 0 Å². The van der Waals surface area contributed by atoms with Gasteiger partial charge in [-0.2, -0.15) is 0 Å². The van der Waals surface area contributed by atoms with Crippen molar-refractivity contribution in [2.45, 2.75) is 38.8 Å². The minimum Gasteiger partial charge on any atom is -0.379 e. The van der Waals surface area contributed by atoms with E-state index in [4.69, 9.17) is 4.74 Å². The number of hydrogen-bond donors (Lipinski definition) is 0. The van der Waals surface area contributed by atoms with Crippen LogP contribution in [0.15, 0.2) is 24.5 Å². The normalized spacial score (nSPS) is 22.8. The van der Waals surface area contributed by atoms with Crippen molar-refractivity contribution in [2.24, 2.45) is 5.92 Å². The zero-order chi connectivity index (χ0) is 15.9. The molecular weight excluding hydrogens is 274 g/mol. The van der Waals surface area contributed by atoms with E-state index in [1.54, 1.807) is 0 Å². The Balaban J connectivity index is 1.83.